The van der Waals surface area contributed by atoms with Gasteiger partial charge in [0.1, 0.15) is 11.6 Å². The molecular weight excluding hydrogens is 683 g/mol. The van der Waals surface area contributed by atoms with E-state index in [-0.39, 0.29) is 28.4 Å². The number of phenolic OH excluding ortho intramolecular Hbond substituents is 1. The highest BCUT2D eigenvalue weighted by atomic mass is 16.3. The number of benzene rings is 6. The van der Waals surface area contributed by atoms with E-state index in [0.717, 1.165) is 83.2 Å². The van der Waals surface area contributed by atoms with Crippen LogP contribution in [0.15, 0.2) is 121 Å². The van der Waals surface area contributed by atoms with Crippen molar-refractivity contribution in [1.29, 1.82) is 0 Å². The number of rotatable bonds is 6. The quantitative estimate of drug-likeness (QED) is 0.185. The fourth-order valence-corrected chi connectivity index (χ4v) is 8.32. The van der Waals surface area contributed by atoms with Gasteiger partial charge in [-0.1, -0.05) is 154 Å². The van der Waals surface area contributed by atoms with Gasteiger partial charge in [0.2, 0.25) is 0 Å². The Hall–Kier alpha value is -5.74. The van der Waals surface area contributed by atoms with Gasteiger partial charge in [0, 0.05) is 28.3 Å². The summed E-state index contributed by atoms with van der Waals surface area (Å²) >= 11 is 0. The van der Waals surface area contributed by atoms with Gasteiger partial charge < -0.3 is 5.11 Å². The number of pyridine rings is 1. The summed E-state index contributed by atoms with van der Waals surface area (Å²) in [6.45, 7) is 22.3. The summed E-state index contributed by atoms with van der Waals surface area (Å²) in [4.78, 5) is 10.7. The van der Waals surface area contributed by atoms with E-state index in [9.17, 15) is 5.11 Å². The monoisotopic (exact) mass is 735 g/mol. The molecule has 8 rings (SSSR count). The van der Waals surface area contributed by atoms with Gasteiger partial charge in [-0.05, 0) is 91.4 Å². The molecule has 1 N–H and O–H groups in total. The highest BCUT2D eigenvalue weighted by molar-refractivity contribution is 6.07. The molecular formula is C52H53N3O. The van der Waals surface area contributed by atoms with Crippen molar-refractivity contribution in [2.24, 2.45) is 0 Å². The molecule has 0 saturated heterocycles. The van der Waals surface area contributed by atoms with Gasteiger partial charge in [-0.25, -0.2) is 4.98 Å². The van der Waals surface area contributed by atoms with Crippen LogP contribution in [0.5, 0.6) is 5.75 Å². The maximum absolute atomic E-state index is 12.4. The Bertz CT molecular complexity index is 2760. The molecule has 8 aromatic rings. The van der Waals surface area contributed by atoms with E-state index in [0.29, 0.717) is 0 Å². The highest BCUT2D eigenvalue weighted by Crippen LogP contribution is 2.46. The van der Waals surface area contributed by atoms with Crippen molar-refractivity contribution < 1.29 is 5.11 Å². The molecule has 0 fully saturated rings. The lowest BCUT2D eigenvalue weighted by Gasteiger charge is -2.28. The number of imidazole rings is 1. The minimum atomic E-state index is -0.293. The number of fused-ring (bicyclic) bond motifs is 3. The van der Waals surface area contributed by atoms with Crippen molar-refractivity contribution in [3.8, 4) is 45.2 Å². The van der Waals surface area contributed by atoms with Gasteiger partial charge in [0.15, 0.2) is 0 Å². The molecule has 56 heavy (non-hydrogen) atoms. The van der Waals surface area contributed by atoms with Crippen LogP contribution >= 0.6 is 0 Å². The Morgan fingerprint density at radius 2 is 1.23 bits per heavy atom. The number of hydrogen-bond acceptors (Lipinski definition) is 3. The van der Waals surface area contributed by atoms with Crippen LogP contribution in [-0.4, -0.2) is 19.6 Å². The van der Waals surface area contributed by atoms with Crippen molar-refractivity contribution in [2.45, 2.75) is 91.9 Å². The molecule has 4 heteroatoms. The molecule has 0 aliphatic rings. The predicted molar refractivity (Wildman–Crippen MR) is 237 cm³/mol. The topological polar surface area (TPSA) is 50.9 Å². The van der Waals surface area contributed by atoms with Gasteiger partial charge in [-0.15, -0.1) is 0 Å². The standard InChI is InChI=1S/C52H53N3O/c1-31(2)37-21-15-22-38(32(3)4)48(37)55-45-24-16-23-41(47(45)54-50(55)43-29-36(51(5,6)7)30-44(49(43)56)52(8,9)10)35-27-34-18-12-13-19-39(34)42(28-35)46-40-20-14-11-17-33(40)25-26-53-46/h11-32,56H,1-10H3. The molecule has 0 aliphatic carbocycles. The van der Waals surface area contributed by atoms with Crippen molar-refractivity contribution in [3.63, 3.8) is 0 Å². The van der Waals surface area contributed by atoms with E-state index >= 15 is 0 Å². The zero-order valence-electron chi connectivity index (χ0n) is 34.5. The van der Waals surface area contributed by atoms with E-state index < -0.39 is 0 Å². The minimum Gasteiger partial charge on any atom is -0.507 e. The number of aromatic nitrogens is 3. The largest absolute Gasteiger partial charge is 0.507 e. The Morgan fingerprint density at radius 3 is 1.89 bits per heavy atom. The van der Waals surface area contributed by atoms with Gasteiger partial charge in [0.05, 0.1) is 28.0 Å². The first-order valence-electron chi connectivity index (χ1n) is 20.0. The molecule has 2 aromatic heterocycles. The number of hydrogen-bond donors (Lipinski definition) is 1. The molecule has 282 valence electrons. The van der Waals surface area contributed by atoms with E-state index in [1.165, 1.54) is 11.1 Å². The third-order valence-electron chi connectivity index (χ3n) is 11.4. The first-order chi connectivity index (χ1) is 26.6. The van der Waals surface area contributed by atoms with Crippen LogP contribution in [0.3, 0.4) is 0 Å². The summed E-state index contributed by atoms with van der Waals surface area (Å²) in [5.74, 6) is 1.54. The molecule has 4 nitrogen and oxygen atoms in total. The second-order valence-electron chi connectivity index (χ2n) is 18.1. The Morgan fingerprint density at radius 1 is 0.589 bits per heavy atom. The van der Waals surface area contributed by atoms with E-state index in [1.807, 2.05) is 6.20 Å². The first-order valence-corrected chi connectivity index (χ1v) is 20.0. The molecule has 0 bridgehead atoms. The Balaban J connectivity index is 1.51. The van der Waals surface area contributed by atoms with Gasteiger partial charge in [-0.3, -0.25) is 9.55 Å². The number of para-hydroxylation sites is 2. The second-order valence-corrected chi connectivity index (χ2v) is 18.1. The molecule has 0 unspecified atom stereocenters. The number of aromatic hydroxyl groups is 1. The van der Waals surface area contributed by atoms with E-state index in [4.69, 9.17) is 9.97 Å². The molecule has 0 radical (unpaired) electrons. The third-order valence-corrected chi connectivity index (χ3v) is 11.4. The van der Waals surface area contributed by atoms with Crippen LogP contribution in [0.2, 0.25) is 0 Å². The average Bonchev–Trinajstić information content (AvgIpc) is 3.55. The SMILES string of the molecule is CC(C)c1cccc(C(C)C)c1-n1c(-c2cc(C(C)(C)C)cc(C(C)(C)C)c2O)nc2c(-c3cc(-c4nccc5ccccc45)c4ccccc4c3)cccc21. The molecule has 2 heterocycles. The average molecular weight is 736 g/mol. The van der Waals surface area contributed by atoms with Crippen LogP contribution in [-0.2, 0) is 10.8 Å². The van der Waals surface area contributed by atoms with Crippen molar-refractivity contribution >= 4 is 32.6 Å². The van der Waals surface area contributed by atoms with Gasteiger partial charge in [-0.2, -0.15) is 0 Å². The Labute approximate surface area is 331 Å². The van der Waals surface area contributed by atoms with Crippen LogP contribution in [0.1, 0.15) is 103 Å². The summed E-state index contributed by atoms with van der Waals surface area (Å²) in [7, 11) is 0. The molecule has 0 aliphatic heterocycles. The number of nitrogens with zero attached hydrogens (tertiary/aromatic N) is 3. The zero-order valence-corrected chi connectivity index (χ0v) is 34.5. The van der Waals surface area contributed by atoms with Gasteiger partial charge >= 0.3 is 0 Å². The van der Waals surface area contributed by atoms with E-state index in [2.05, 4.69) is 189 Å². The predicted octanol–water partition coefficient (Wildman–Crippen LogP) is 14.3. The molecule has 6 aromatic carbocycles. The maximum atomic E-state index is 12.4. The second kappa shape index (κ2) is 13.8. The highest BCUT2D eigenvalue weighted by Gasteiger charge is 2.30. The minimum absolute atomic E-state index is 0.152. The van der Waals surface area contributed by atoms with Crippen molar-refractivity contribution in [1.82, 2.24) is 14.5 Å². The van der Waals surface area contributed by atoms with Crippen molar-refractivity contribution in [2.75, 3.05) is 0 Å². The molecule has 0 amide bonds. The fourth-order valence-electron chi connectivity index (χ4n) is 8.32. The lowest BCUT2D eigenvalue weighted by atomic mass is 9.79. The number of phenols is 1. The summed E-state index contributed by atoms with van der Waals surface area (Å²) in [6.07, 6.45) is 1.91. The summed E-state index contributed by atoms with van der Waals surface area (Å²) < 4.78 is 2.35. The van der Waals surface area contributed by atoms with E-state index in [1.54, 1.807) is 0 Å². The van der Waals surface area contributed by atoms with Crippen LogP contribution in [0.4, 0.5) is 0 Å². The van der Waals surface area contributed by atoms with Crippen molar-refractivity contribution in [3.05, 3.63) is 144 Å². The van der Waals surface area contributed by atoms with Gasteiger partial charge in [0.25, 0.3) is 0 Å². The third kappa shape index (κ3) is 6.35. The van der Waals surface area contributed by atoms with Crippen LogP contribution < -0.4 is 0 Å². The summed E-state index contributed by atoms with van der Waals surface area (Å²) in [6, 6.07) is 41.3. The molecule has 0 saturated carbocycles. The van der Waals surface area contributed by atoms with Crippen LogP contribution in [0, 0.1) is 0 Å². The summed E-state index contributed by atoms with van der Waals surface area (Å²) in [5.41, 5.74) is 12.1. The Kier molecular flexibility index (Phi) is 9.15. The fraction of sp³-hybridized carbons (Fsp3) is 0.269. The molecule has 0 atom stereocenters. The zero-order chi connectivity index (χ0) is 39.7. The first kappa shape index (κ1) is 37.2. The lowest BCUT2D eigenvalue weighted by Crippen LogP contribution is -2.17. The normalized spacial score (nSPS) is 12.5. The molecule has 0 spiro atoms. The lowest BCUT2D eigenvalue weighted by molar-refractivity contribution is 0.446. The van der Waals surface area contributed by atoms with Crippen LogP contribution in [0.25, 0.3) is 72.0 Å². The smallest absolute Gasteiger partial charge is 0.149 e. The maximum Gasteiger partial charge on any atom is 0.149 e. The summed E-state index contributed by atoms with van der Waals surface area (Å²) in [5, 5.41) is 17.0.